The fourth-order valence-electron chi connectivity index (χ4n) is 1.06. The van der Waals surface area contributed by atoms with Crippen LogP contribution in [0, 0.1) is 0 Å². The van der Waals surface area contributed by atoms with E-state index in [2.05, 4.69) is 10.3 Å². The van der Waals surface area contributed by atoms with E-state index in [4.69, 9.17) is 5.11 Å². The smallest absolute Gasteiger partial charge is 0.321 e. The van der Waals surface area contributed by atoms with Gasteiger partial charge in [-0.3, -0.25) is 14.7 Å². The summed E-state index contributed by atoms with van der Waals surface area (Å²) in [5, 5.41) is 10.9. The molecule has 6 nitrogen and oxygen atoms in total. The number of hydrogen-bond acceptors (Lipinski definition) is 3. The number of carbonyl (C=O) groups excluding carboxylic acids is 1. The highest BCUT2D eigenvalue weighted by Crippen LogP contribution is 2.08. The molecule has 1 rings (SSSR count). The zero-order chi connectivity index (χ0) is 12.0. The number of nitrogens with one attached hydrogen (secondary N) is 1. The van der Waals surface area contributed by atoms with Gasteiger partial charge in [-0.2, -0.15) is 0 Å². The summed E-state index contributed by atoms with van der Waals surface area (Å²) in [7, 11) is 1.59. The molecule has 0 aliphatic carbocycles. The monoisotopic (exact) mass is 223 g/mol. The first-order chi connectivity index (χ1) is 7.61. The Labute approximate surface area is 92.9 Å². The Kier molecular flexibility index (Phi) is 4.26. The van der Waals surface area contributed by atoms with Crippen molar-refractivity contribution in [3.8, 4) is 0 Å². The van der Waals surface area contributed by atoms with Crippen molar-refractivity contribution < 1.29 is 14.7 Å². The number of pyridine rings is 1. The molecule has 0 saturated carbocycles. The van der Waals surface area contributed by atoms with E-state index in [0.29, 0.717) is 5.69 Å². The zero-order valence-electron chi connectivity index (χ0n) is 8.88. The third kappa shape index (κ3) is 3.56. The summed E-state index contributed by atoms with van der Waals surface area (Å²) >= 11 is 0. The normalized spacial score (nSPS) is 9.56. The molecule has 6 heteroatoms. The third-order valence-electron chi connectivity index (χ3n) is 1.95. The first-order valence-corrected chi connectivity index (χ1v) is 4.74. The van der Waals surface area contributed by atoms with Crippen molar-refractivity contribution in [3.63, 3.8) is 0 Å². The van der Waals surface area contributed by atoms with Gasteiger partial charge in [0.25, 0.3) is 0 Å². The Morgan fingerprint density at radius 1 is 1.56 bits per heavy atom. The van der Waals surface area contributed by atoms with Crippen molar-refractivity contribution in [1.29, 1.82) is 0 Å². The van der Waals surface area contributed by atoms with Crippen LogP contribution in [0.4, 0.5) is 10.5 Å². The first kappa shape index (κ1) is 12.0. The maximum absolute atomic E-state index is 11.5. The van der Waals surface area contributed by atoms with Crippen LogP contribution in [0.25, 0.3) is 0 Å². The molecular formula is C10H13N3O3. The lowest BCUT2D eigenvalue weighted by Gasteiger charge is -2.17. The van der Waals surface area contributed by atoms with Crippen LogP contribution in [0.1, 0.15) is 6.42 Å². The number of carboxylic acid groups (broad SMARTS) is 1. The van der Waals surface area contributed by atoms with Crippen LogP contribution < -0.4 is 10.2 Å². The van der Waals surface area contributed by atoms with E-state index < -0.39 is 5.97 Å². The van der Waals surface area contributed by atoms with E-state index in [1.807, 2.05) is 0 Å². The molecule has 2 amide bonds. The van der Waals surface area contributed by atoms with Gasteiger partial charge < -0.3 is 10.4 Å². The Morgan fingerprint density at radius 3 is 2.88 bits per heavy atom. The van der Waals surface area contributed by atoms with Crippen molar-refractivity contribution >= 4 is 17.7 Å². The molecule has 86 valence electrons. The molecule has 1 aromatic rings. The van der Waals surface area contributed by atoms with Gasteiger partial charge in [-0.1, -0.05) is 0 Å². The number of aromatic nitrogens is 1. The first-order valence-electron chi connectivity index (χ1n) is 4.74. The highest BCUT2D eigenvalue weighted by molar-refractivity contribution is 5.91. The quantitative estimate of drug-likeness (QED) is 0.787. The second kappa shape index (κ2) is 5.69. The Balaban J connectivity index is 2.45. The van der Waals surface area contributed by atoms with Crippen LogP contribution in [0.5, 0.6) is 0 Å². The minimum Gasteiger partial charge on any atom is -0.481 e. The van der Waals surface area contributed by atoms with Crippen LogP contribution in [0.3, 0.4) is 0 Å². The van der Waals surface area contributed by atoms with Gasteiger partial charge >= 0.3 is 12.0 Å². The molecule has 16 heavy (non-hydrogen) atoms. The Hall–Kier alpha value is -2.11. The minimum absolute atomic E-state index is 0.0907. The molecule has 1 heterocycles. The molecule has 1 aromatic heterocycles. The molecule has 0 fully saturated rings. The van der Waals surface area contributed by atoms with Crippen LogP contribution >= 0.6 is 0 Å². The van der Waals surface area contributed by atoms with Gasteiger partial charge in [0, 0.05) is 19.8 Å². The fourth-order valence-corrected chi connectivity index (χ4v) is 1.06. The number of amides is 2. The summed E-state index contributed by atoms with van der Waals surface area (Å²) in [4.78, 5) is 27.0. The number of carboxylic acids is 1. The van der Waals surface area contributed by atoms with Gasteiger partial charge in [0.05, 0.1) is 18.3 Å². The number of carbonyl (C=O) groups is 2. The summed E-state index contributed by atoms with van der Waals surface area (Å²) in [6.45, 7) is 0.110. The maximum Gasteiger partial charge on any atom is 0.321 e. The zero-order valence-corrected chi connectivity index (χ0v) is 8.88. The topological polar surface area (TPSA) is 82.5 Å². The molecule has 0 bridgehead atoms. The highest BCUT2D eigenvalue weighted by atomic mass is 16.4. The standard InChI is InChI=1S/C10H13N3O3/c1-13(8-3-2-5-11-7-8)10(16)12-6-4-9(14)15/h2-3,5,7H,4,6H2,1H3,(H,12,16)(H,14,15). The van der Waals surface area contributed by atoms with Crippen molar-refractivity contribution in [2.45, 2.75) is 6.42 Å². The summed E-state index contributed by atoms with van der Waals surface area (Å²) in [5.74, 6) is -0.940. The van der Waals surface area contributed by atoms with E-state index in [1.165, 1.54) is 4.90 Å². The van der Waals surface area contributed by atoms with E-state index in [1.54, 1.807) is 31.6 Å². The van der Waals surface area contributed by atoms with Gasteiger partial charge in [-0.05, 0) is 12.1 Å². The van der Waals surface area contributed by atoms with Crippen LogP contribution in [0.15, 0.2) is 24.5 Å². The lowest BCUT2D eigenvalue weighted by atomic mass is 10.4. The van der Waals surface area contributed by atoms with Crippen molar-refractivity contribution in [2.24, 2.45) is 0 Å². The third-order valence-corrected chi connectivity index (χ3v) is 1.95. The largest absolute Gasteiger partial charge is 0.481 e. The van der Waals surface area contributed by atoms with Crippen LogP contribution in [-0.2, 0) is 4.79 Å². The van der Waals surface area contributed by atoms with E-state index >= 15 is 0 Å². The van der Waals surface area contributed by atoms with Gasteiger partial charge in [-0.25, -0.2) is 4.79 Å². The number of anilines is 1. The summed E-state index contributed by atoms with van der Waals surface area (Å²) in [6, 6.07) is 3.11. The Morgan fingerprint density at radius 2 is 2.31 bits per heavy atom. The van der Waals surface area contributed by atoms with E-state index in [0.717, 1.165) is 0 Å². The summed E-state index contributed by atoms with van der Waals surface area (Å²) in [5.41, 5.74) is 0.648. The predicted molar refractivity (Wildman–Crippen MR) is 58.3 cm³/mol. The fraction of sp³-hybridized carbons (Fsp3) is 0.300. The molecular weight excluding hydrogens is 210 g/mol. The molecule has 0 unspecified atom stereocenters. The van der Waals surface area contributed by atoms with Crippen LogP contribution in [0.2, 0.25) is 0 Å². The molecule has 0 aromatic carbocycles. The van der Waals surface area contributed by atoms with Gasteiger partial charge in [-0.15, -0.1) is 0 Å². The number of nitrogens with zero attached hydrogens (tertiary/aromatic N) is 2. The van der Waals surface area contributed by atoms with Crippen molar-refractivity contribution in [2.75, 3.05) is 18.5 Å². The van der Waals surface area contributed by atoms with Gasteiger partial charge in [0.15, 0.2) is 0 Å². The summed E-state index contributed by atoms with van der Waals surface area (Å²) < 4.78 is 0. The summed E-state index contributed by atoms with van der Waals surface area (Å²) in [6.07, 6.45) is 3.07. The molecule has 2 N–H and O–H groups in total. The predicted octanol–water partition coefficient (Wildman–Crippen LogP) is 0.702. The molecule has 0 aliphatic heterocycles. The molecule has 0 aliphatic rings. The SMILES string of the molecule is CN(C(=O)NCCC(=O)O)c1cccnc1. The van der Waals surface area contributed by atoms with E-state index in [-0.39, 0.29) is 19.0 Å². The van der Waals surface area contributed by atoms with Gasteiger partial charge in [0.1, 0.15) is 0 Å². The maximum atomic E-state index is 11.5. The second-order valence-corrected chi connectivity index (χ2v) is 3.15. The van der Waals surface area contributed by atoms with Crippen molar-refractivity contribution in [3.05, 3.63) is 24.5 Å². The molecule has 0 saturated heterocycles. The lowest BCUT2D eigenvalue weighted by molar-refractivity contribution is -0.136. The molecule has 0 radical (unpaired) electrons. The number of hydrogen-bond donors (Lipinski definition) is 2. The van der Waals surface area contributed by atoms with Crippen LogP contribution in [-0.4, -0.2) is 35.7 Å². The number of aliphatic carboxylic acids is 1. The van der Waals surface area contributed by atoms with E-state index in [9.17, 15) is 9.59 Å². The Bertz CT molecular complexity index is 367. The minimum atomic E-state index is -0.940. The average Bonchev–Trinajstić information content (AvgIpc) is 2.28. The number of rotatable bonds is 4. The lowest BCUT2D eigenvalue weighted by Crippen LogP contribution is -2.38. The average molecular weight is 223 g/mol. The molecule has 0 spiro atoms. The highest BCUT2D eigenvalue weighted by Gasteiger charge is 2.10. The molecule has 0 atom stereocenters. The van der Waals surface area contributed by atoms with Gasteiger partial charge in [0.2, 0.25) is 0 Å². The van der Waals surface area contributed by atoms with Crippen molar-refractivity contribution in [1.82, 2.24) is 10.3 Å². The second-order valence-electron chi connectivity index (χ2n) is 3.15. The number of urea groups is 1.